The Bertz CT molecular complexity index is 437. The standard InChI is InChI=1S/C14H18O4/c1-10(2)12-6-5-11(14(15)17-4)9-13(12)18-8-7-16-3/h5-6,9H,1,7-8H2,2-4H3. The molecular weight excluding hydrogens is 232 g/mol. The van der Waals surface area contributed by atoms with Gasteiger partial charge in [-0.15, -0.1) is 0 Å². The van der Waals surface area contributed by atoms with Crippen LogP contribution in [0.3, 0.4) is 0 Å². The highest BCUT2D eigenvalue weighted by Gasteiger charge is 2.11. The Morgan fingerprint density at radius 2 is 2.00 bits per heavy atom. The molecule has 0 heterocycles. The number of allylic oxidation sites excluding steroid dienone is 1. The van der Waals surface area contributed by atoms with Crippen molar-refractivity contribution in [2.75, 3.05) is 27.4 Å². The molecule has 0 fully saturated rings. The van der Waals surface area contributed by atoms with Crippen LogP contribution in [-0.2, 0) is 9.47 Å². The molecule has 18 heavy (non-hydrogen) atoms. The first-order valence-electron chi connectivity index (χ1n) is 5.60. The summed E-state index contributed by atoms with van der Waals surface area (Å²) in [4.78, 5) is 11.5. The van der Waals surface area contributed by atoms with Gasteiger partial charge >= 0.3 is 5.97 Å². The molecule has 0 saturated carbocycles. The predicted octanol–water partition coefficient (Wildman–Crippen LogP) is 2.53. The van der Waals surface area contributed by atoms with E-state index in [0.717, 1.165) is 11.1 Å². The number of esters is 1. The number of benzene rings is 1. The Labute approximate surface area is 107 Å². The van der Waals surface area contributed by atoms with Crippen molar-refractivity contribution in [2.45, 2.75) is 6.92 Å². The molecule has 0 radical (unpaired) electrons. The average Bonchev–Trinajstić information content (AvgIpc) is 2.37. The molecule has 0 aliphatic rings. The van der Waals surface area contributed by atoms with Gasteiger partial charge in [0.25, 0.3) is 0 Å². The van der Waals surface area contributed by atoms with Crippen LogP contribution in [0.25, 0.3) is 5.57 Å². The highest BCUT2D eigenvalue weighted by Crippen LogP contribution is 2.26. The van der Waals surface area contributed by atoms with Crippen molar-refractivity contribution in [1.82, 2.24) is 0 Å². The van der Waals surface area contributed by atoms with Crippen molar-refractivity contribution >= 4 is 11.5 Å². The third-order valence-electron chi connectivity index (χ3n) is 2.41. The fourth-order valence-electron chi connectivity index (χ4n) is 1.47. The smallest absolute Gasteiger partial charge is 0.337 e. The first-order valence-corrected chi connectivity index (χ1v) is 5.60. The van der Waals surface area contributed by atoms with Crippen LogP contribution in [0.4, 0.5) is 0 Å². The van der Waals surface area contributed by atoms with Crippen molar-refractivity contribution in [2.24, 2.45) is 0 Å². The van der Waals surface area contributed by atoms with Crippen LogP contribution in [0.1, 0.15) is 22.8 Å². The van der Waals surface area contributed by atoms with Crippen molar-refractivity contribution in [3.05, 3.63) is 35.9 Å². The number of methoxy groups -OCH3 is 2. The topological polar surface area (TPSA) is 44.8 Å². The van der Waals surface area contributed by atoms with E-state index in [-0.39, 0.29) is 5.97 Å². The molecule has 4 nitrogen and oxygen atoms in total. The van der Waals surface area contributed by atoms with Crippen molar-refractivity contribution in [3.63, 3.8) is 0 Å². The maximum Gasteiger partial charge on any atom is 0.337 e. The van der Waals surface area contributed by atoms with Crippen molar-refractivity contribution < 1.29 is 19.0 Å². The zero-order valence-corrected chi connectivity index (χ0v) is 11.0. The summed E-state index contributed by atoms with van der Waals surface area (Å²) in [5.74, 6) is 0.224. The lowest BCUT2D eigenvalue weighted by molar-refractivity contribution is 0.0600. The maximum absolute atomic E-state index is 11.5. The molecule has 1 aromatic rings. The van der Waals surface area contributed by atoms with Crippen LogP contribution in [0, 0.1) is 0 Å². The third kappa shape index (κ3) is 3.60. The van der Waals surface area contributed by atoms with Gasteiger partial charge in [0.15, 0.2) is 0 Å². The first kappa shape index (κ1) is 14.3. The van der Waals surface area contributed by atoms with Gasteiger partial charge in [-0.1, -0.05) is 12.6 Å². The average molecular weight is 250 g/mol. The molecule has 0 saturated heterocycles. The number of hydrogen-bond donors (Lipinski definition) is 0. The lowest BCUT2D eigenvalue weighted by Crippen LogP contribution is -2.07. The van der Waals surface area contributed by atoms with Crippen LogP contribution in [-0.4, -0.2) is 33.4 Å². The second kappa shape index (κ2) is 6.81. The normalized spacial score (nSPS) is 9.94. The van der Waals surface area contributed by atoms with Crippen LogP contribution >= 0.6 is 0 Å². The van der Waals surface area contributed by atoms with Crippen LogP contribution in [0.15, 0.2) is 24.8 Å². The van der Waals surface area contributed by atoms with Crippen LogP contribution in [0.5, 0.6) is 5.75 Å². The zero-order chi connectivity index (χ0) is 13.5. The Morgan fingerprint density at radius 3 is 2.56 bits per heavy atom. The summed E-state index contributed by atoms with van der Waals surface area (Å²) in [5.41, 5.74) is 2.20. The minimum absolute atomic E-state index is 0.389. The van der Waals surface area contributed by atoms with Crippen molar-refractivity contribution in [1.29, 1.82) is 0 Å². The minimum atomic E-state index is -0.389. The second-order valence-electron chi connectivity index (χ2n) is 3.82. The summed E-state index contributed by atoms with van der Waals surface area (Å²) >= 11 is 0. The molecule has 1 rings (SSSR count). The van der Waals surface area contributed by atoms with Gasteiger partial charge in [-0.05, 0) is 24.6 Å². The van der Waals surface area contributed by atoms with Crippen LogP contribution < -0.4 is 4.74 Å². The molecule has 0 bridgehead atoms. The van der Waals surface area contributed by atoms with Gasteiger partial charge in [0.05, 0.1) is 19.3 Å². The minimum Gasteiger partial charge on any atom is -0.491 e. The van der Waals surface area contributed by atoms with E-state index in [1.807, 2.05) is 6.92 Å². The monoisotopic (exact) mass is 250 g/mol. The summed E-state index contributed by atoms with van der Waals surface area (Å²) in [6.45, 7) is 6.67. The lowest BCUT2D eigenvalue weighted by atomic mass is 10.1. The van der Waals surface area contributed by atoms with Crippen LogP contribution in [0.2, 0.25) is 0 Å². The van der Waals surface area contributed by atoms with E-state index in [1.54, 1.807) is 25.3 Å². The number of carbonyl (C=O) groups is 1. The molecule has 0 aliphatic carbocycles. The van der Waals surface area contributed by atoms with E-state index in [2.05, 4.69) is 11.3 Å². The number of hydrogen-bond acceptors (Lipinski definition) is 4. The summed E-state index contributed by atoms with van der Waals surface area (Å²) in [6.07, 6.45) is 0. The van der Waals surface area contributed by atoms with Gasteiger partial charge in [0.2, 0.25) is 0 Å². The van der Waals surface area contributed by atoms with Crippen molar-refractivity contribution in [3.8, 4) is 5.75 Å². The molecule has 0 spiro atoms. The number of ether oxygens (including phenoxy) is 3. The fourth-order valence-corrected chi connectivity index (χ4v) is 1.47. The Morgan fingerprint density at radius 1 is 1.28 bits per heavy atom. The van der Waals surface area contributed by atoms with E-state index in [0.29, 0.717) is 24.5 Å². The molecule has 0 amide bonds. The third-order valence-corrected chi connectivity index (χ3v) is 2.41. The Hall–Kier alpha value is -1.81. The van der Waals surface area contributed by atoms with E-state index < -0.39 is 0 Å². The molecular formula is C14H18O4. The predicted molar refractivity (Wildman–Crippen MR) is 69.9 cm³/mol. The highest BCUT2D eigenvalue weighted by molar-refractivity contribution is 5.90. The summed E-state index contributed by atoms with van der Waals surface area (Å²) in [5, 5.41) is 0. The van der Waals surface area contributed by atoms with Gasteiger partial charge in [-0.2, -0.15) is 0 Å². The highest BCUT2D eigenvalue weighted by atomic mass is 16.5. The van der Waals surface area contributed by atoms with Gasteiger partial charge in [-0.25, -0.2) is 4.79 Å². The summed E-state index contributed by atoms with van der Waals surface area (Å²) in [6, 6.07) is 5.15. The second-order valence-corrected chi connectivity index (χ2v) is 3.82. The molecule has 0 unspecified atom stereocenters. The van der Waals surface area contributed by atoms with E-state index >= 15 is 0 Å². The molecule has 0 aromatic heterocycles. The van der Waals surface area contributed by atoms with Gasteiger partial charge in [-0.3, -0.25) is 0 Å². The fraction of sp³-hybridized carbons (Fsp3) is 0.357. The molecule has 4 heteroatoms. The molecule has 0 aliphatic heterocycles. The maximum atomic E-state index is 11.5. The number of rotatable bonds is 6. The molecule has 98 valence electrons. The largest absolute Gasteiger partial charge is 0.491 e. The first-order chi connectivity index (χ1) is 8.60. The Balaban J connectivity index is 2.99. The SMILES string of the molecule is C=C(C)c1ccc(C(=O)OC)cc1OCCOC. The zero-order valence-electron chi connectivity index (χ0n) is 11.0. The van der Waals surface area contributed by atoms with E-state index in [9.17, 15) is 4.79 Å². The van der Waals surface area contributed by atoms with E-state index in [1.165, 1.54) is 7.11 Å². The molecule has 0 atom stereocenters. The molecule has 1 aromatic carbocycles. The van der Waals surface area contributed by atoms with Gasteiger partial charge in [0.1, 0.15) is 12.4 Å². The van der Waals surface area contributed by atoms with Gasteiger partial charge in [0, 0.05) is 12.7 Å². The van der Waals surface area contributed by atoms with Gasteiger partial charge < -0.3 is 14.2 Å². The molecule has 0 N–H and O–H groups in total. The lowest BCUT2D eigenvalue weighted by Gasteiger charge is -2.12. The quantitative estimate of drug-likeness (QED) is 0.575. The summed E-state index contributed by atoms with van der Waals surface area (Å²) in [7, 11) is 2.95. The Kier molecular flexibility index (Phi) is 5.39. The summed E-state index contributed by atoms with van der Waals surface area (Å²) < 4.78 is 15.2. The number of carbonyl (C=O) groups excluding carboxylic acids is 1. The van der Waals surface area contributed by atoms with E-state index in [4.69, 9.17) is 9.47 Å².